The van der Waals surface area contributed by atoms with Crippen LogP contribution in [0.4, 0.5) is 0 Å². The summed E-state index contributed by atoms with van der Waals surface area (Å²) >= 11 is 0. The third kappa shape index (κ3) is 1.57. The van der Waals surface area contributed by atoms with Gasteiger partial charge in [-0.3, -0.25) is 0 Å². The van der Waals surface area contributed by atoms with Crippen molar-refractivity contribution in [3.63, 3.8) is 0 Å². The number of aromatic carboxylic acids is 1. The lowest BCUT2D eigenvalue weighted by atomic mass is 10.1. The molecule has 2 heterocycles. The Labute approximate surface area is 96.8 Å². The maximum atomic E-state index is 11.2. The molecule has 0 amide bonds. The minimum atomic E-state index is -0.960. The summed E-state index contributed by atoms with van der Waals surface area (Å²) in [5.41, 5.74) is 1.42. The second-order valence-corrected chi connectivity index (χ2v) is 4.03. The van der Waals surface area contributed by atoms with E-state index in [1.807, 2.05) is 0 Å². The molecule has 0 aliphatic carbocycles. The zero-order valence-electron chi connectivity index (χ0n) is 9.04. The summed E-state index contributed by atoms with van der Waals surface area (Å²) in [5, 5.41) is 17.2. The molecule has 1 aliphatic heterocycles. The fraction of sp³-hybridized carbons (Fsp3) is 0.364. The van der Waals surface area contributed by atoms with Gasteiger partial charge in [-0.05, 0) is 18.6 Å². The molecule has 3 rings (SSSR count). The number of rotatable bonds is 2. The number of hydrogen-bond donors (Lipinski definition) is 1. The van der Waals surface area contributed by atoms with Crippen LogP contribution in [0.3, 0.4) is 0 Å². The molecular formula is C11H11N3O3. The largest absolute Gasteiger partial charge is 0.478 e. The van der Waals surface area contributed by atoms with Gasteiger partial charge in [0, 0.05) is 6.61 Å². The topological polar surface area (TPSA) is 77.2 Å². The van der Waals surface area contributed by atoms with Crippen molar-refractivity contribution in [1.29, 1.82) is 0 Å². The average molecular weight is 233 g/mol. The SMILES string of the molecule is O=C(O)c1cccc2nnn(C3CCOC3)c12. The van der Waals surface area contributed by atoms with Gasteiger partial charge in [0.05, 0.1) is 18.2 Å². The van der Waals surface area contributed by atoms with Gasteiger partial charge in [-0.15, -0.1) is 5.10 Å². The van der Waals surface area contributed by atoms with Crippen LogP contribution < -0.4 is 0 Å². The Hall–Kier alpha value is -1.95. The molecule has 1 fully saturated rings. The van der Waals surface area contributed by atoms with Crippen LogP contribution in [0.2, 0.25) is 0 Å². The molecule has 0 bridgehead atoms. The third-order valence-corrected chi connectivity index (χ3v) is 2.97. The Morgan fingerprint density at radius 2 is 2.41 bits per heavy atom. The van der Waals surface area contributed by atoms with Gasteiger partial charge in [-0.2, -0.15) is 0 Å². The molecule has 1 N–H and O–H groups in total. The van der Waals surface area contributed by atoms with Gasteiger partial charge in [-0.25, -0.2) is 9.48 Å². The number of para-hydroxylation sites is 1. The Kier molecular flexibility index (Phi) is 2.29. The molecule has 0 spiro atoms. The van der Waals surface area contributed by atoms with E-state index in [1.54, 1.807) is 22.9 Å². The van der Waals surface area contributed by atoms with Crippen LogP contribution in [0, 0.1) is 0 Å². The first kappa shape index (κ1) is 10.2. The Balaban J connectivity index is 2.21. The number of carboxylic acid groups (broad SMARTS) is 1. The molecule has 17 heavy (non-hydrogen) atoms. The summed E-state index contributed by atoms with van der Waals surface area (Å²) in [6, 6.07) is 5.10. The number of nitrogens with zero attached hydrogens (tertiary/aromatic N) is 3. The van der Waals surface area contributed by atoms with Crippen molar-refractivity contribution in [3.8, 4) is 0 Å². The molecule has 1 aromatic heterocycles. The van der Waals surface area contributed by atoms with E-state index in [9.17, 15) is 4.79 Å². The molecule has 1 aliphatic rings. The lowest BCUT2D eigenvalue weighted by Crippen LogP contribution is -2.12. The number of carbonyl (C=O) groups is 1. The summed E-state index contributed by atoms with van der Waals surface area (Å²) < 4.78 is 6.97. The summed E-state index contributed by atoms with van der Waals surface area (Å²) in [6.07, 6.45) is 0.840. The fourth-order valence-electron chi connectivity index (χ4n) is 2.14. The van der Waals surface area contributed by atoms with E-state index in [2.05, 4.69) is 10.3 Å². The van der Waals surface area contributed by atoms with E-state index in [4.69, 9.17) is 9.84 Å². The molecule has 0 saturated carbocycles. The number of hydrogen-bond acceptors (Lipinski definition) is 4. The van der Waals surface area contributed by atoms with E-state index >= 15 is 0 Å². The maximum Gasteiger partial charge on any atom is 0.337 e. The molecule has 88 valence electrons. The van der Waals surface area contributed by atoms with Gasteiger partial charge in [0.25, 0.3) is 0 Å². The van der Waals surface area contributed by atoms with E-state index in [-0.39, 0.29) is 11.6 Å². The highest BCUT2D eigenvalue weighted by molar-refractivity contribution is 6.00. The van der Waals surface area contributed by atoms with Crippen molar-refractivity contribution in [1.82, 2.24) is 15.0 Å². The van der Waals surface area contributed by atoms with Gasteiger partial charge in [-0.1, -0.05) is 11.3 Å². The van der Waals surface area contributed by atoms with Crippen LogP contribution in [0.1, 0.15) is 22.8 Å². The second-order valence-electron chi connectivity index (χ2n) is 4.03. The second kappa shape index (κ2) is 3.81. The first-order chi connectivity index (χ1) is 8.27. The molecule has 1 atom stereocenters. The van der Waals surface area contributed by atoms with Crippen LogP contribution in [0.5, 0.6) is 0 Å². The molecule has 1 saturated heterocycles. The highest BCUT2D eigenvalue weighted by Crippen LogP contribution is 2.24. The van der Waals surface area contributed by atoms with Crippen molar-refractivity contribution in [3.05, 3.63) is 23.8 Å². The van der Waals surface area contributed by atoms with Crippen LogP contribution in [-0.4, -0.2) is 39.3 Å². The van der Waals surface area contributed by atoms with Crippen molar-refractivity contribution in [2.45, 2.75) is 12.5 Å². The van der Waals surface area contributed by atoms with E-state index in [0.717, 1.165) is 6.42 Å². The number of ether oxygens (including phenoxy) is 1. The van der Waals surface area contributed by atoms with Gasteiger partial charge in [0.15, 0.2) is 0 Å². The zero-order chi connectivity index (χ0) is 11.8. The van der Waals surface area contributed by atoms with Gasteiger partial charge in [0.1, 0.15) is 11.0 Å². The number of aromatic nitrogens is 3. The number of carboxylic acids is 1. The molecule has 0 radical (unpaired) electrons. The Morgan fingerprint density at radius 3 is 3.12 bits per heavy atom. The molecule has 6 heteroatoms. The average Bonchev–Trinajstić information content (AvgIpc) is 2.96. The quantitative estimate of drug-likeness (QED) is 0.840. The van der Waals surface area contributed by atoms with Gasteiger partial charge >= 0.3 is 5.97 Å². The first-order valence-corrected chi connectivity index (χ1v) is 5.42. The van der Waals surface area contributed by atoms with Gasteiger partial charge < -0.3 is 9.84 Å². The van der Waals surface area contributed by atoms with Crippen molar-refractivity contribution < 1.29 is 14.6 Å². The van der Waals surface area contributed by atoms with E-state index in [1.165, 1.54) is 0 Å². The van der Waals surface area contributed by atoms with E-state index in [0.29, 0.717) is 24.2 Å². The number of benzene rings is 1. The Morgan fingerprint density at radius 1 is 1.53 bits per heavy atom. The van der Waals surface area contributed by atoms with Gasteiger partial charge in [0.2, 0.25) is 0 Å². The summed E-state index contributed by atoms with van der Waals surface area (Å²) in [7, 11) is 0. The summed E-state index contributed by atoms with van der Waals surface area (Å²) in [5.74, 6) is -0.960. The van der Waals surface area contributed by atoms with Crippen molar-refractivity contribution >= 4 is 17.0 Å². The number of fused-ring (bicyclic) bond motifs is 1. The summed E-state index contributed by atoms with van der Waals surface area (Å²) in [6.45, 7) is 1.24. The van der Waals surface area contributed by atoms with E-state index < -0.39 is 5.97 Å². The third-order valence-electron chi connectivity index (χ3n) is 2.97. The smallest absolute Gasteiger partial charge is 0.337 e. The lowest BCUT2D eigenvalue weighted by molar-refractivity contribution is 0.0698. The summed E-state index contributed by atoms with van der Waals surface area (Å²) in [4.78, 5) is 11.2. The predicted octanol–water partition coefficient (Wildman–Crippen LogP) is 1.09. The highest BCUT2D eigenvalue weighted by Gasteiger charge is 2.23. The monoisotopic (exact) mass is 233 g/mol. The molecule has 2 aromatic rings. The molecular weight excluding hydrogens is 222 g/mol. The van der Waals surface area contributed by atoms with Crippen LogP contribution in [0.25, 0.3) is 11.0 Å². The predicted molar refractivity (Wildman–Crippen MR) is 59.0 cm³/mol. The standard InChI is InChI=1S/C11H11N3O3/c15-11(16)8-2-1-3-9-10(8)14(13-12-9)7-4-5-17-6-7/h1-3,7H,4-6H2,(H,15,16). The van der Waals surface area contributed by atoms with Crippen LogP contribution in [0.15, 0.2) is 18.2 Å². The highest BCUT2D eigenvalue weighted by atomic mass is 16.5. The molecule has 1 unspecified atom stereocenters. The minimum absolute atomic E-state index is 0.0838. The fourth-order valence-corrected chi connectivity index (χ4v) is 2.14. The molecule has 6 nitrogen and oxygen atoms in total. The van der Waals surface area contributed by atoms with Crippen LogP contribution >= 0.6 is 0 Å². The lowest BCUT2D eigenvalue weighted by Gasteiger charge is -2.09. The first-order valence-electron chi connectivity index (χ1n) is 5.42. The molecule has 1 aromatic carbocycles. The Bertz CT molecular complexity index is 572. The normalized spacial score (nSPS) is 19.9. The van der Waals surface area contributed by atoms with Crippen molar-refractivity contribution in [2.75, 3.05) is 13.2 Å². The maximum absolute atomic E-state index is 11.2. The minimum Gasteiger partial charge on any atom is -0.478 e. The zero-order valence-corrected chi connectivity index (χ0v) is 9.04. The van der Waals surface area contributed by atoms with Crippen molar-refractivity contribution in [2.24, 2.45) is 0 Å². The van der Waals surface area contributed by atoms with Crippen LogP contribution in [-0.2, 0) is 4.74 Å².